The molecule has 0 unspecified atom stereocenters. The Morgan fingerprint density at radius 2 is 2.60 bits per heavy atom. The summed E-state index contributed by atoms with van der Waals surface area (Å²) in [7, 11) is -0.517. The van der Waals surface area contributed by atoms with Crippen LogP contribution >= 0.6 is 0 Å². The Hall–Kier alpha value is -0.545. The molecule has 0 radical (unpaired) electrons. The quantitative estimate of drug-likeness (QED) is 0.464. The van der Waals surface area contributed by atoms with Gasteiger partial charge in [-0.15, -0.1) is 0 Å². The highest BCUT2D eigenvalue weighted by molar-refractivity contribution is 6.20. The van der Waals surface area contributed by atoms with Crippen molar-refractivity contribution in [1.29, 1.82) is 0 Å². The van der Waals surface area contributed by atoms with Gasteiger partial charge in [-0.2, -0.15) is 0 Å². The molecule has 10 heavy (non-hydrogen) atoms. The maximum absolute atomic E-state index is 10.8. The molecule has 1 saturated heterocycles. The molecule has 1 heterocycles. The maximum atomic E-state index is 10.8. The molecule has 0 amide bonds. The Balaban J connectivity index is 2.25. The predicted octanol–water partition coefficient (Wildman–Crippen LogP) is -1.46. The SMILES string of the molecule is O=C(OBO)[C@@H]1CCCN1. The van der Waals surface area contributed by atoms with Crippen LogP contribution in [-0.2, 0) is 9.45 Å². The van der Waals surface area contributed by atoms with Crippen LogP contribution in [0.1, 0.15) is 12.8 Å². The second-order valence-electron chi connectivity index (χ2n) is 2.24. The van der Waals surface area contributed by atoms with Gasteiger partial charge in [-0.25, -0.2) is 0 Å². The number of nitrogens with one attached hydrogen (secondary N) is 1. The van der Waals surface area contributed by atoms with Gasteiger partial charge >= 0.3 is 13.7 Å². The van der Waals surface area contributed by atoms with Crippen molar-refractivity contribution in [3.05, 3.63) is 0 Å². The Kier molecular flexibility index (Phi) is 2.71. The third kappa shape index (κ3) is 1.72. The molecular weight excluding hydrogens is 133 g/mol. The van der Waals surface area contributed by atoms with Crippen LogP contribution in [0.25, 0.3) is 0 Å². The van der Waals surface area contributed by atoms with Crippen LogP contribution in [0.4, 0.5) is 0 Å². The number of hydrogen-bond donors (Lipinski definition) is 2. The molecule has 0 saturated carbocycles. The molecular formula is C5H10BNO3. The first-order valence-corrected chi connectivity index (χ1v) is 3.35. The smallest absolute Gasteiger partial charge is 0.506 e. The van der Waals surface area contributed by atoms with Gasteiger partial charge in [0.15, 0.2) is 0 Å². The topological polar surface area (TPSA) is 58.6 Å². The van der Waals surface area contributed by atoms with Gasteiger partial charge in [-0.3, -0.25) is 4.79 Å². The molecule has 0 aromatic heterocycles. The Labute approximate surface area is 59.9 Å². The standard InChI is InChI=1S/C5H10BNO3/c8-5(10-6-9)4-2-1-3-7-4/h4,6-7,9H,1-3H2/t4-/m0/s1. The number of hydrogen-bond acceptors (Lipinski definition) is 4. The van der Waals surface area contributed by atoms with Crippen LogP contribution in [-0.4, -0.2) is 31.3 Å². The van der Waals surface area contributed by atoms with Crippen LogP contribution in [0.5, 0.6) is 0 Å². The number of carbonyl (C=O) groups excluding carboxylic acids is 1. The summed E-state index contributed by atoms with van der Waals surface area (Å²) in [6, 6.07) is -0.188. The lowest BCUT2D eigenvalue weighted by molar-refractivity contribution is -0.137. The van der Waals surface area contributed by atoms with Gasteiger partial charge in [0.25, 0.3) is 0 Å². The van der Waals surface area contributed by atoms with Crippen molar-refractivity contribution in [3.8, 4) is 0 Å². The molecule has 2 N–H and O–H groups in total. The van der Waals surface area contributed by atoms with Crippen molar-refractivity contribution in [2.24, 2.45) is 0 Å². The second-order valence-corrected chi connectivity index (χ2v) is 2.24. The summed E-state index contributed by atoms with van der Waals surface area (Å²) in [5, 5.41) is 11.2. The third-order valence-electron chi connectivity index (χ3n) is 1.55. The van der Waals surface area contributed by atoms with Crippen molar-refractivity contribution in [1.82, 2.24) is 5.32 Å². The molecule has 1 aliphatic heterocycles. The monoisotopic (exact) mass is 143 g/mol. The van der Waals surface area contributed by atoms with Crippen LogP contribution in [0.15, 0.2) is 0 Å². The molecule has 0 aromatic carbocycles. The third-order valence-corrected chi connectivity index (χ3v) is 1.55. The van der Waals surface area contributed by atoms with Gasteiger partial charge in [-0.1, -0.05) is 0 Å². The molecule has 1 aliphatic rings. The largest absolute Gasteiger partial charge is 0.511 e. The van der Waals surface area contributed by atoms with E-state index >= 15 is 0 Å². The average molecular weight is 143 g/mol. The van der Waals surface area contributed by atoms with Crippen LogP contribution < -0.4 is 5.32 Å². The zero-order valence-electron chi connectivity index (χ0n) is 5.67. The summed E-state index contributed by atoms with van der Waals surface area (Å²) in [6.07, 6.45) is 1.82. The van der Waals surface area contributed by atoms with Crippen molar-refractivity contribution in [3.63, 3.8) is 0 Å². The molecule has 1 atom stereocenters. The van der Waals surface area contributed by atoms with Crippen molar-refractivity contribution in [2.45, 2.75) is 18.9 Å². The summed E-state index contributed by atoms with van der Waals surface area (Å²) in [6.45, 7) is 0.866. The van der Waals surface area contributed by atoms with Crippen LogP contribution in [0.3, 0.4) is 0 Å². The molecule has 5 heteroatoms. The fourth-order valence-corrected chi connectivity index (χ4v) is 1.05. The Morgan fingerprint density at radius 3 is 3.10 bits per heavy atom. The van der Waals surface area contributed by atoms with E-state index in [-0.39, 0.29) is 12.0 Å². The van der Waals surface area contributed by atoms with Crippen LogP contribution in [0.2, 0.25) is 0 Å². The van der Waals surface area contributed by atoms with E-state index in [1.165, 1.54) is 0 Å². The lowest BCUT2D eigenvalue weighted by Crippen LogP contribution is -2.33. The molecule has 0 spiro atoms. The second kappa shape index (κ2) is 3.58. The lowest BCUT2D eigenvalue weighted by atomic mass is 10.2. The molecule has 0 bridgehead atoms. The summed E-state index contributed by atoms with van der Waals surface area (Å²) >= 11 is 0. The van der Waals surface area contributed by atoms with Gasteiger partial charge in [0.05, 0.1) is 0 Å². The zero-order chi connectivity index (χ0) is 7.40. The van der Waals surface area contributed by atoms with E-state index in [0.29, 0.717) is 0 Å². The minimum absolute atomic E-state index is 0.188. The molecule has 4 nitrogen and oxygen atoms in total. The average Bonchev–Trinajstić information content (AvgIpc) is 2.38. The zero-order valence-corrected chi connectivity index (χ0v) is 5.67. The minimum atomic E-state index is -0.517. The van der Waals surface area contributed by atoms with Gasteiger partial charge in [-0.05, 0) is 19.4 Å². The Bertz CT molecular complexity index is 124. The van der Waals surface area contributed by atoms with E-state index in [1.54, 1.807) is 0 Å². The van der Waals surface area contributed by atoms with E-state index in [2.05, 4.69) is 9.97 Å². The molecule has 0 aromatic rings. The summed E-state index contributed by atoms with van der Waals surface area (Å²) in [5.74, 6) is -0.347. The summed E-state index contributed by atoms with van der Waals surface area (Å²) in [4.78, 5) is 10.8. The maximum Gasteiger partial charge on any atom is 0.506 e. The van der Waals surface area contributed by atoms with E-state index in [9.17, 15) is 4.79 Å². The molecule has 1 fully saturated rings. The lowest BCUT2D eigenvalue weighted by Gasteiger charge is -2.06. The highest BCUT2D eigenvalue weighted by atomic mass is 16.6. The first-order chi connectivity index (χ1) is 4.84. The van der Waals surface area contributed by atoms with Crippen molar-refractivity contribution in [2.75, 3.05) is 6.54 Å². The Morgan fingerprint density at radius 1 is 1.80 bits per heavy atom. The van der Waals surface area contributed by atoms with E-state index in [1.807, 2.05) is 0 Å². The van der Waals surface area contributed by atoms with E-state index < -0.39 is 7.69 Å². The van der Waals surface area contributed by atoms with Gasteiger partial charge in [0, 0.05) is 0 Å². The van der Waals surface area contributed by atoms with Crippen molar-refractivity contribution >= 4 is 13.7 Å². The van der Waals surface area contributed by atoms with Gasteiger partial charge in [0.1, 0.15) is 6.04 Å². The first-order valence-electron chi connectivity index (χ1n) is 3.35. The van der Waals surface area contributed by atoms with E-state index in [4.69, 9.17) is 5.02 Å². The molecule has 0 aliphatic carbocycles. The fraction of sp³-hybridized carbons (Fsp3) is 0.800. The highest BCUT2D eigenvalue weighted by Crippen LogP contribution is 2.05. The normalized spacial score (nSPS) is 24.3. The molecule has 56 valence electrons. The van der Waals surface area contributed by atoms with Gasteiger partial charge < -0.3 is 15.0 Å². The first kappa shape index (κ1) is 7.56. The highest BCUT2D eigenvalue weighted by Gasteiger charge is 2.22. The van der Waals surface area contributed by atoms with Gasteiger partial charge in [0.2, 0.25) is 0 Å². The minimum Gasteiger partial charge on any atom is -0.511 e. The number of carbonyl (C=O) groups is 1. The predicted molar refractivity (Wildman–Crippen MR) is 36.5 cm³/mol. The van der Waals surface area contributed by atoms with Crippen molar-refractivity contribution < 1.29 is 14.5 Å². The fourth-order valence-electron chi connectivity index (χ4n) is 1.05. The molecule has 1 rings (SSSR count). The summed E-state index contributed by atoms with van der Waals surface area (Å²) < 4.78 is 4.38. The number of rotatable bonds is 2. The van der Waals surface area contributed by atoms with Crippen LogP contribution in [0, 0.1) is 0 Å². The van der Waals surface area contributed by atoms with E-state index in [0.717, 1.165) is 19.4 Å². The summed E-state index contributed by atoms with van der Waals surface area (Å²) in [5.41, 5.74) is 0.